The highest BCUT2D eigenvalue weighted by atomic mass is 15.2. The summed E-state index contributed by atoms with van der Waals surface area (Å²) in [5.74, 6) is 3.68. The molecule has 1 saturated heterocycles. The van der Waals surface area contributed by atoms with Crippen LogP contribution in [0.15, 0.2) is 0 Å². The molecular weight excluding hydrogens is 244 g/mol. The molecule has 0 aromatic heterocycles. The molecule has 0 amide bonds. The lowest BCUT2D eigenvalue weighted by molar-refractivity contribution is 0.0569. The fourth-order valence-corrected chi connectivity index (χ4v) is 4.50. The maximum atomic E-state index is 3.85. The Morgan fingerprint density at radius 1 is 1.10 bits per heavy atom. The summed E-state index contributed by atoms with van der Waals surface area (Å²) in [6, 6.07) is 1.56. The van der Waals surface area contributed by atoms with Crippen LogP contribution in [0.4, 0.5) is 0 Å². The molecule has 4 atom stereocenters. The summed E-state index contributed by atoms with van der Waals surface area (Å²) >= 11 is 0. The van der Waals surface area contributed by atoms with Crippen molar-refractivity contribution in [2.45, 2.75) is 71.4 Å². The Labute approximate surface area is 125 Å². The molecule has 0 aromatic carbocycles. The number of hydrogen-bond donors (Lipinski definition) is 1. The van der Waals surface area contributed by atoms with Crippen molar-refractivity contribution in [2.24, 2.45) is 23.7 Å². The Balaban J connectivity index is 1.62. The number of nitrogens with one attached hydrogen (secondary N) is 1. The Hall–Kier alpha value is -0.0800. The molecule has 3 rings (SSSR count). The third-order valence-corrected chi connectivity index (χ3v) is 6.21. The van der Waals surface area contributed by atoms with Crippen LogP contribution in [0.25, 0.3) is 0 Å². The predicted molar refractivity (Wildman–Crippen MR) is 85.8 cm³/mol. The summed E-state index contributed by atoms with van der Waals surface area (Å²) in [7, 11) is 0. The first-order valence-electron chi connectivity index (χ1n) is 9.12. The number of rotatable bonds is 4. The fourth-order valence-electron chi connectivity index (χ4n) is 4.50. The Morgan fingerprint density at radius 2 is 1.85 bits per heavy atom. The van der Waals surface area contributed by atoms with E-state index in [9.17, 15) is 0 Å². The van der Waals surface area contributed by atoms with E-state index in [1.807, 2.05) is 0 Å². The van der Waals surface area contributed by atoms with Crippen molar-refractivity contribution in [1.82, 2.24) is 10.2 Å². The van der Waals surface area contributed by atoms with Gasteiger partial charge in [0.05, 0.1) is 0 Å². The van der Waals surface area contributed by atoms with Crippen molar-refractivity contribution >= 4 is 0 Å². The number of piperazine rings is 1. The minimum Gasteiger partial charge on any atom is -0.311 e. The smallest absolute Gasteiger partial charge is 0.0244 e. The van der Waals surface area contributed by atoms with Crippen molar-refractivity contribution in [1.29, 1.82) is 0 Å². The van der Waals surface area contributed by atoms with Crippen LogP contribution in [0.3, 0.4) is 0 Å². The highest BCUT2D eigenvalue weighted by Crippen LogP contribution is 2.36. The van der Waals surface area contributed by atoms with Gasteiger partial charge in [0.25, 0.3) is 0 Å². The van der Waals surface area contributed by atoms with Crippen LogP contribution in [0.2, 0.25) is 0 Å². The summed E-state index contributed by atoms with van der Waals surface area (Å²) in [6.45, 7) is 11.2. The third kappa shape index (κ3) is 3.39. The quantitative estimate of drug-likeness (QED) is 0.846. The third-order valence-electron chi connectivity index (χ3n) is 6.21. The fraction of sp³-hybridized carbons (Fsp3) is 1.00. The molecule has 0 aromatic rings. The van der Waals surface area contributed by atoms with E-state index in [1.54, 1.807) is 0 Å². The summed E-state index contributed by atoms with van der Waals surface area (Å²) < 4.78 is 0. The zero-order valence-electron chi connectivity index (χ0n) is 13.8. The molecule has 2 aliphatic carbocycles. The summed E-state index contributed by atoms with van der Waals surface area (Å²) in [5, 5.41) is 3.85. The molecular formula is C18H34N2. The Kier molecular flexibility index (Phi) is 4.72. The van der Waals surface area contributed by atoms with Gasteiger partial charge in [-0.05, 0) is 42.9 Å². The van der Waals surface area contributed by atoms with Gasteiger partial charge in [0.1, 0.15) is 0 Å². The van der Waals surface area contributed by atoms with Crippen LogP contribution in [-0.2, 0) is 0 Å². The average molecular weight is 278 g/mol. The maximum absolute atomic E-state index is 3.85. The highest BCUT2D eigenvalue weighted by Gasteiger charge is 2.39. The number of hydrogen-bond acceptors (Lipinski definition) is 2. The minimum atomic E-state index is 0.763. The van der Waals surface area contributed by atoms with Crippen molar-refractivity contribution in [3.05, 3.63) is 0 Å². The van der Waals surface area contributed by atoms with Crippen LogP contribution >= 0.6 is 0 Å². The molecule has 0 radical (unpaired) electrons. The lowest BCUT2D eigenvalue weighted by Gasteiger charge is -2.45. The highest BCUT2D eigenvalue weighted by molar-refractivity contribution is 4.96. The normalized spacial score (nSPS) is 40.2. The monoisotopic (exact) mass is 278 g/mol. The van der Waals surface area contributed by atoms with E-state index in [4.69, 9.17) is 0 Å². The van der Waals surface area contributed by atoms with Gasteiger partial charge in [0.15, 0.2) is 0 Å². The van der Waals surface area contributed by atoms with E-state index in [1.165, 1.54) is 58.2 Å². The van der Waals surface area contributed by atoms with Gasteiger partial charge in [-0.2, -0.15) is 0 Å². The van der Waals surface area contributed by atoms with Crippen LogP contribution in [-0.4, -0.2) is 36.6 Å². The van der Waals surface area contributed by atoms with Gasteiger partial charge in [0, 0.05) is 31.7 Å². The van der Waals surface area contributed by atoms with E-state index in [-0.39, 0.29) is 0 Å². The first-order valence-corrected chi connectivity index (χ1v) is 9.12. The van der Waals surface area contributed by atoms with Crippen molar-refractivity contribution in [2.75, 3.05) is 19.6 Å². The summed E-state index contributed by atoms with van der Waals surface area (Å²) in [4.78, 5) is 2.87. The molecule has 0 bridgehead atoms. The van der Waals surface area contributed by atoms with Gasteiger partial charge in [-0.15, -0.1) is 0 Å². The van der Waals surface area contributed by atoms with Crippen LogP contribution in [0.5, 0.6) is 0 Å². The van der Waals surface area contributed by atoms with E-state index in [2.05, 4.69) is 31.0 Å². The second kappa shape index (κ2) is 6.36. The van der Waals surface area contributed by atoms with E-state index in [0.717, 1.165) is 35.8 Å². The van der Waals surface area contributed by atoms with Gasteiger partial charge < -0.3 is 5.32 Å². The molecule has 3 aliphatic rings. The first-order chi connectivity index (χ1) is 9.65. The van der Waals surface area contributed by atoms with Gasteiger partial charge in [-0.25, -0.2) is 0 Å². The zero-order valence-corrected chi connectivity index (χ0v) is 13.8. The topological polar surface area (TPSA) is 15.3 Å². The van der Waals surface area contributed by atoms with Gasteiger partial charge >= 0.3 is 0 Å². The van der Waals surface area contributed by atoms with E-state index in [0.29, 0.717) is 0 Å². The van der Waals surface area contributed by atoms with Gasteiger partial charge in [0.2, 0.25) is 0 Å². The molecule has 2 heteroatoms. The molecule has 116 valence electrons. The lowest BCUT2D eigenvalue weighted by atomic mass is 9.79. The van der Waals surface area contributed by atoms with Crippen molar-refractivity contribution < 1.29 is 0 Å². The van der Waals surface area contributed by atoms with E-state index >= 15 is 0 Å². The second-order valence-electron chi connectivity index (χ2n) is 8.14. The molecule has 20 heavy (non-hydrogen) atoms. The molecule has 4 unspecified atom stereocenters. The minimum absolute atomic E-state index is 0.763. The Morgan fingerprint density at radius 3 is 2.50 bits per heavy atom. The molecule has 1 N–H and O–H groups in total. The molecule has 2 saturated carbocycles. The summed E-state index contributed by atoms with van der Waals surface area (Å²) in [5.41, 5.74) is 0. The van der Waals surface area contributed by atoms with E-state index < -0.39 is 0 Å². The second-order valence-corrected chi connectivity index (χ2v) is 8.14. The zero-order chi connectivity index (χ0) is 14.1. The molecule has 1 aliphatic heterocycles. The standard InChI is InChI=1S/C18H34N2/c1-13(2)18-10-19-17(15-8-9-15)12-20(18)11-16-7-5-4-6-14(16)3/h13-19H,4-12H2,1-3H3. The van der Waals surface area contributed by atoms with Crippen molar-refractivity contribution in [3.8, 4) is 0 Å². The molecule has 1 heterocycles. The SMILES string of the molecule is CC(C)C1CNC(C2CC2)CN1CC1CCCCC1C. The predicted octanol–water partition coefficient (Wildman–Crippen LogP) is 3.52. The van der Waals surface area contributed by atoms with Crippen LogP contribution < -0.4 is 5.32 Å². The molecule has 0 spiro atoms. The largest absolute Gasteiger partial charge is 0.311 e. The molecule has 3 fully saturated rings. The maximum Gasteiger partial charge on any atom is 0.0244 e. The van der Waals surface area contributed by atoms with Crippen LogP contribution in [0, 0.1) is 23.7 Å². The van der Waals surface area contributed by atoms with Gasteiger partial charge in [-0.1, -0.05) is 40.0 Å². The average Bonchev–Trinajstić information content (AvgIpc) is 3.25. The van der Waals surface area contributed by atoms with Crippen molar-refractivity contribution in [3.63, 3.8) is 0 Å². The Bertz CT molecular complexity index is 311. The van der Waals surface area contributed by atoms with Crippen LogP contribution in [0.1, 0.15) is 59.3 Å². The first kappa shape index (κ1) is 14.8. The molecule has 2 nitrogen and oxygen atoms in total. The van der Waals surface area contributed by atoms with Gasteiger partial charge in [-0.3, -0.25) is 4.90 Å². The lowest BCUT2D eigenvalue weighted by Crippen LogP contribution is -2.60. The number of nitrogens with zero attached hydrogens (tertiary/aromatic N) is 1. The summed E-state index contributed by atoms with van der Waals surface area (Å²) in [6.07, 6.45) is 8.82.